The third kappa shape index (κ3) is 2.38. The average molecular weight is 271 g/mol. The predicted molar refractivity (Wildman–Crippen MR) is 67.2 cm³/mol. The normalized spacial score (nSPS) is 16.6. The van der Waals surface area contributed by atoms with Gasteiger partial charge in [0, 0.05) is 0 Å². The highest BCUT2D eigenvalue weighted by Gasteiger charge is 2.36. The van der Waals surface area contributed by atoms with Crippen LogP contribution in [0.2, 0.25) is 5.02 Å². The Morgan fingerprint density at radius 1 is 1.50 bits per heavy atom. The molecule has 4 nitrogen and oxygen atoms in total. The van der Waals surface area contributed by atoms with Gasteiger partial charge in [-0.25, -0.2) is 0 Å². The number of halogens is 1. The number of hydrogen-bond acceptors (Lipinski definition) is 3. The molecule has 0 radical (unpaired) electrons. The van der Waals surface area contributed by atoms with Crippen molar-refractivity contribution >= 4 is 17.6 Å². The van der Waals surface area contributed by atoms with E-state index >= 15 is 0 Å². The number of aromatic hydroxyl groups is 2. The van der Waals surface area contributed by atoms with Gasteiger partial charge in [0.1, 0.15) is 0 Å². The second kappa shape index (κ2) is 4.69. The lowest BCUT2D eigenvalue weighted by atomic mass is 9.87. The Kier molecular flexibility index (Phi) is 3.39. The molecule has 1 atom stereocenters. The minimum absolute atomic E-state index is 0.00452. The van der Waals surface area contributed by atoms with E-state index in [9.17, 15) is 15.0 Å². The summed E-state index contributed by atoms with van der Waals surface area (Å²) in [6.45, 7) is 1.76. The van der Waals surface area contributed by atoms with Gasteiger partial charge in [0.15, 0.2) is 11.5 Å². The highest BCUT2D eigenvalue weighted by Crippen LogP contribution is 2.50. The zero-order valence-corrected chi connectivity index (χ0v) is 10.7. The molecule has 0 saturated heterocycles. The van der Waals surface area contributed by atoms with Crippen molar-refractivity contribution in [1.82, 2.24) is 0 Å². The first-order valence-electron chi connectivity index (χ1n) is 5.84. The molecule has 1 aromatic carbocycles. The number of phenols is 2. The van der Waals surface area contributed by atoms with Crippen LogP contribution in [-0.4, -0.2) is 21.3 Å². The van der Waals surface area contributed by atoms with Gasteiger partial charge in [-0.2, -0.15) is 0 Å². The zero-order chi connectivity index (χ0) is 13.4. The molecule has 0 amide bonds. The van der Waals surface area contributed by atoms with Gasteiger partial charge in [-0.05, 0) is 48.8 Å². The van der Waals surface area contributed by atoms with E-state index in [0.717, 1.165) is 12.8 Å². The van der Waals surface area contributed by atoms with Crippen LogP contribution in [0.15, 0.2) is 6.07 Å². The van der Waals surface area contributed by atoms with Gasteiger partial charge >= 0.3 is 5.97 Å². The summed E-state index contributed by atoms with van der Waals surface area (Å²) in [6, 6.07) is 1.42. The van der Waals surface area contributed by atoms with Crippen LogP contribution >= 0.6 is 11.6 Å². The van der Waals surface area contributed by atoms with Crippen molar-refractivity contribution in [1.29, 1.82) is 0 Å². The number of aliphatic carboxylic acids is 1. The first kappa shape index (κ1) is 13.0. The molecule has 1 unspecified atom stereocenters. The minimum Gasteiger partial charge on any atom is -0.504 e. The largest absolute Gasteiger partial charge is 0.504 e. The predicted octanol–water partition coefficient (Wildman–Crippen LogP) is 3.03. The summed E-state index contributed by atoms with van der Waals surface area (Å²) >= 11 is 6.05. The Labute approximate surface area is 110 Å². The zero-order valence-electron chi connectivity index (χ0n) is 9.98. The number of carboxylic acids is 1. The van der Waals surface area contributed by atoms with Crippen LogP contribution in [-0.2, 0) is 4.79 Å². The van der Waals surface area contributed by atoms with Crippen LogP contribution in [0.5, 0.6) is 11.5 Å². The molecular formula is C13H15ClO4. The molecule has 18 heavy (non-hydrogen) atoms. The Hall–Kier alpha value is -1.42. The molecule has 98 valence electrons. The fraction of sp³-hybridized carbons (Fsp3) is 0.462. The summed E-state index contributed by atoms with van der Waals surface area (Å²) in [5, 5.41) is 28.2. The highest BCUT2D eigenvalue weighted by molar-refractivity contribution is 6.33. The Morgan fingerprint density at radius 3 is 2.61 bits per heavy atom. The number of benzene rings is 1. The average Bonchev–Trinajstić information content (AvgIpc) is 3.08. The van der Waals surface area contributed by atoms with E-state index in [1.165, 1.54) is 6.07 Å². The van der Waals surface area contributed by atoms with Crippen LogP contribution < -0.4 is 0 Å². The van der Waals surface area contributed by atoms with Crippen molar-refractivity contribution in [2.75, 3.05) is 0 Å². The molecule has 0 bridgehead atoms. The van der Waals surface area contributed by atoms with E-state index in [1.54, 1.807) is 6.92 Å². The van der Waals surface area contributed by atoms with Crippen LogP contribution in [0, 0.1) is 12.8 Å². The van der Waals surface area contributed by atoms with Crippen molar-refractivity contribution in [3.63, 3.8) is 0 Å². The molecule has 5 heteroatoms. The Morgan fingerprint density at radius 2 is 2.11 bits per heavy atom. The van der Waals surface area contributed by atoms with Crippen LogP contribution in [0.1, 0.15) is 36.3 Å². The molecule has 1 saturated carbocycles. The van der Waals surface area contributed by atoms with E-state index < -0.39 is 5.97 Å². The molecule has 2 rings (SSSR count). The van der Waals surface area contributed by atoms with Crippen LogP contribution in [0.3, 0.4) is 0 Å². The summed E-state index contributed by atoms with van der Waals surface area (Å²) in [4.78, 5) is 10.9. The third-order valence-corrected chi connectivity index (χ3v) is 3.80. The lowest BCUT2D eigenvalue weighted by Crippen LogP contribution is -2.10. The van der Waals surface area contributed by atoms with E-state index in [4.69, 9.17) is 16.7 Å². The van der Waals surface area contributed by atoms with E-state index in [1.807, 2.05) is 0 Å². The number of carboxylic acid groups (broad SMARTS) is 1. The van der Waals surface area contributed by atoms with E-state index in [-0.39, 0.29) is 28.9 Å². The SMILES string of the molecule is Cc1cc(O)c(O)c(Cl)c1C(CC(=O)O)C1CC1. The van der Waals surface area contributed by atoms with Crippen molar-refractivity contribution in [3.05, 3.63) is 22.2 Å². The highest BCUT2D eigenvalue weighted by atomic mass is 35.5. The van der Waals surface area contributed by atoms with Gasteiger partial charge in [0.05, 0.1) is 11.4 Å². The van der Waals surface area contributed by atoms with Crippen molar-refractivity contribution in [2.45, 2.75) is 32.1 Å². The quantitative estimate of drug-likeness (QED) is 0.735. The van der Waals surface area contributed by atoms with Crippen molar-refractivity contribution in [3.8, 4) is 11.5 Å². The molecule has 1 aliphatic carbocycles. The van der Waals surface area contributed by atoms with Gasteiger partial charge in [-0.15, -0.1) is 0 Å². The van der Waals surface area contributed by atoms with E-state index in [0.29, 0.717) is 17.0 Å². The number of phenolic OH excluding ortho intramolecular Hbond substituents is 2. The monoisotopic (exact) mass is 270 g/mol. The maximum absolute atomic E-state index is 10.9. The smallest absolute Gasteiger partial charge is 0.303 e. The standard InChI is InChI=1S/C13H15ClO4/c1-6-4-9(15)13(18)12(14)11(6)8(5-10(16)17)7-2-3-7/h4,7-8,15,18H,2-3,5H2,1H3,(H,16,17). The second-order valence-electron chi connectivity index (χ2n) is 4.83. The molecular weight excluding hydrogens is 256 g/mol. The minimum atomic E-state index is -0.880. The van der Waals surface area contributed by atoms with Crippen LogP contribution in [0.4, 0.5) is 0 Å². The van der Waals surface area contributed by atoms with Crippen molar-refractivity contribution < 1.29 is 20.1 Å². The lowest BCUT2D eigenvalue weighted by Gasteiger charge is -2.20. The summed E-state index contributed by atoms with van der Waals surface area (Å²) in [5.74, 6) is -1.41. The fourth-order valence-corrected chi connectivity index (χ4v) is 2.80. The fourth-order valence-electron chi connectivity index (χ4n) is 2.41. The molecule has 1 fully saturated rings. The number of aryl methyl sites for hydroxylation is 1. The summed E-state index contributed by atoms with van der Waals surface area (Å²) in [7, 11) is 0. The van der Waals surface area contributed by atoms with Gasteiger partial charge in [-0.3, -0.25) is 4.79 Å². The van der Waals surface area contributed by atoms with E-state index in [2.05, 4.69) is 0 Å². The number of hydrogen-bond donors (Lipinski definition) is 3. The second-order valence-corrected chi connectivity index (χ2v) is 5.21. The molecule has 0 aliphatic heterocycles. The van der Waals surface area contributed by atoms with Gasteiger partial charge in [-0.1, -0.05) is 11.6 Å². The number of rotatable bonds is 4. The topological polar surface area (TPSA) is 77.8 Å². The number of carbonyl (C=O) groups is 1. The molecule has 3 N–H and O–H groups in total. The Bertz CT molecular complexity index is 494. The maximum atomic E-state index is 10.9. The summed E-state index contributed by atoms with van der Waals surface area (Å²) in [5.41, 5.74) is 1.37. The van der Waals surface area contributed by atoms with Gasteiger partial charge < -0.3 is 15.3 Å². The van der Waals surface area contributed by atoms with Crippen LogP contribution in [0.25, 0.3) is 0 Å². The van der Waals surface area contributed by atoms with Gasteiger partial charge in [0.2, 0.25) is 0 Å². The molecule has 0 aromatic heterocycles. The molecule has 0 spiro atoms. The first-order chi connectivity index (χ1) is 8.41. The molecule has 0 heterocycles. The molecule has 1 aromatic rings. The third-order valence-electron chi connectivity index (χ3n) is 3.42. The van der Waals surface area contributed by atoms with Crippen molar-refractivity contribution in [2.24, 2.45) is 5.92 Å². The Balaban J connectivity index is 2.47. The summed E-state index contributed by atoms with van der Waals surface area (Å²) < 4.78 is 0. The van der Waals surface area contributed by atoms with Gasteiger partial charge in [0.25, 0.3) is 0 Å². The maximum Gasteiger partial charge on any atom is 0.303 e. The molecule has 1 aliphatic rings. The lowest BCUT2D eigenvalue weighted by molar-refractivity contribution is -0.137. The summed E-state index contributed by atoms with van der Waals surface area (Å²) in [6.07, 6.45) is 1.96. The first-order valence-corrected chi connectivity index (χ1v) is 6.22.